The standard InChI is InChI=1S/C9H19NO3S/c1-9(2,14-4)6-10-7(5-13-3)8(11)12/h7,10H,5-6H2,1-4H3,(H,11,12). The van der Waals surface area contributed by atoms with Gasteiger partial charge in [0.25, 0.3) is 0 Å². The van der Waals surface area contributed by atoms with Crippen LogP contribution in [0.2, 0.25) is 0 Å². The monoisotopic (exact) mass is 221 g/mol. The molecule has 0 aliphatic heterocycles. The molecule has 4 nitrogen and oxygen atoms in total. The van der Waals surface area contributed by atoms with Crippen LogP contribution in [0.1, 0.15) is 13.8 Å². The van der Waals surface area contributed by atoms with Gasteiger partial charge in [-0.25, -0.2) is 0 Å². The van der Waals surface area contributed by atoms with E-state index < -0.39 is 12.0 Å². The molecule has 0 bridgehead atoms. The Labute approximate surface area is 89.4 Å². The lowest BCUT2D eigenvalue weighted by Crippen LogP contribution is -2.45. The van der Waals surface area contributed by atoms with Crippen LogP contribution < -0.4 is 5.32 Å². The van der Waals surface area contributed by atoms with E-state index in [9.17, 15) is 4.79 Å². The molecule has 5 heteroatoms. The number of hydrogen-bond acceptors (Lipinski definition) is 4. The number of carbonyl (C=O) groups is 1. The number of carboxylic acid groups (broad SMARTS) is 1. The summed E-state index contributed by atoms with van der Waals surface area (Å²) in [4.78, 5) is 10.7. The number of ether oxygens (including phenoxy) is 1. The Morgan fingerprint density at radius 3 is 2.57 bits per heavy atom. The van der Waals surface area contributed by atoms with Crippen LogP contribution in [0, 0.1) is 0 Å². The molecular weight excluding hydrogens is 202 g/mol. The quantitative estimate of drug-likeness (QED) is 0.666. The molecule has 0 rings (SSSR count). The van der Waals surface area contributed by atoms with Gasteiger partial charge in [-0.3, -0.25) is 4.79 Å². The van der Waals surface area contributed by atoms with Crippen LogP contribution in [0.4, 0.5) is 0 Å². The fraction of sp³-hybridized carbons (Fsp3) is 0.889. The van der Waals surface area contributed by atoms with Crippen LogP contribution in [0.5, 0.6) is 0 Å². The maximum absolute atomic E-state index is 10.7. The minimum absolute atomic E-state index is 0.0431. The summed E-state index contributed by atoms with van der Waals surface area (Å²) >= 11 is 1.70. The Hall–Kier alpha value is -0.260. The first kappa shape index (κ1) is 13.7. The van der Waals surface area contributed by atoms with Crippen LogP contribution in [-0.4, -0.2) is 48.4 Å². The molecule has 1 atom stereocenters. The van der Waals surface area contributed by atoms with Gasteiger partial charge < -0.3 is 15.2 Å². The van der Waals surface area contributed by atoms with Crippen molar-refractivity contribution >= 4 is 17.7 Å². The Kier molecular flexibility index (Phi) is 6.15. The molecule has 0 amide bonds. The molecule has 0 saturated carbocycles. The van der Waals surface area contributed by atoms with Gasteiger partial charge in [-0.15, -0.1) is 0 Å². The summed E-state index contributed by atoms with van der Waals surface area (Å²) in [5.41, 5.74) is 0. The van der Waals surface area contributed by atoms with Gasteiger partial charge in [0.2, 0.25) is 0 Å². The SMILES string of the molecule is COCC(NCC(C)(C)SC)C(=O)O. The fourth-order valence-electron chi connectivity index (χ4n) is 0.825. The molecule has 84 valence electrons. The number of methoxy groups -OCH3 is 1. The summed E-state index contributed by atoms with van der Waals surface area (Å²) in [7, 11) is 1.50. The molecule has 0 aromatic rings. The lowest BCUT2D eigenvalue weighted by Gasteiger charge is -2.24. The predicted molar refractivity (Wildman–Crippen MR) is 58.9 cm³/mol. The van der Waals surface area contributed by atoms with Gasteiger partial charge in [0.05, 0.1) is 6.61 Å². The highest BCUT2D eigenvalue weighted by molar-refractivity contribution is 7.99. The minimum atomic E-state index is -0.872. The van der Waals surface area contributed by atoms with Gasteiger partial charge in [0.15, 0.2) is 0 Å². The summed E-state index contributed by atoms with van der Waals surface area (Å²) in [6.45, 7) is 4.97. The van der Waals surface area contributed by atoms with Gasteiger partial charge in [-0.2, -0.15) is 11.8 Å². The maximum Gasteiger partial charge on any atom is 0.323 e. The van der Waals surface area contributed by atoms with Crippen LogP contribution in [0.25, 0.3) is 0 Å². The van der Waals surface area contributed by atoms with Gasteiger partial charge >= 0.3 is 5.97 Å². The van der Waals surface area contributed by atoms with Crippen LogP contribution >= 0.6 is 11.8 Å². The van der Waals surface area contributed by atoms with Gasteiger partial charge in [-0.05, 0) is 20.1 Å². The topological polar surface area (TPSA) is 58.6 Å². The molecular formula is C9H19NO3S. The van der Waals surface area contributed by atoms with Crippen molar-refractivity contribution in [3.05, 3.63) is 0 Å². The van der Waals surface area contributed by atoms with E-state index >= 15 is 0 Å². The zero-order chi connectivity index (χ0) is 11.2. The smallest absolute Gasteiger partial charge is 0.323 e. The first-order valence-electron chi connectivity index (χ1n) is 4.43. The van der Waals surface area contributed by atoms with E-state index in [2.05, 4.69) is 19.2 Å². The van der Waals surface area contributed by atoms with E-state index in [0.717, 1.165) is 0 Å². The van der Waals surface area contributed by atoms with E-state index in [1.807, 2.05) is 6.26 Å². The summed E-state index contributed by atoms with van der Waals surface area (Å²) in [5, 5.41) is 11.8. The Balaban J connectivity index is 3.99. The van der Waals surface area contributed by atoms with Crippen molar-refractivity contribution in [3.63, 3.8) is 0 Å². The minimum Gasteiger partial charge on any atom is -0.480 e. The zero-order valence-electron chi connectivity index (χ0n) is 9.16. The first-order valence-corrected chi connectivity index (χ1v) is 5.65. The van der Waals surface area contributed by atoms with Crippen LogP contribution in [0.3, 0.4) is 0 Å². The molecule has 0 radical (unpaired) electrons. The highest BCUT2D eigenvalue weighted by Gasteiger charge is 2.21. The maximum atomic E-state index is 10.7. The van der Waals surface area contributed by atoms with Crippen molar-refractivity contribution in [2.45, 2.75) is 24.6 Å². The van der Waals surface area contributed by atoms with Crippen LogP contribution in [-0.2, 0) is 9.53 Å². The van der Waals surface area contributed by atoms with Crippen molar-refractivity contribution in [2.24, 2.45) is 0 Å². The van der Waals surface area contributed by atoms with Crippen molar-refractivity contribution < 1.29 is 14.6 Å². The van der Waals surface area contributed by atoms with Crippen molar-refractivity contribution in [3.8, 4) is 0 Å². The Morgan fingerprint density at radius 2 is 2.21 bits per heavy atom. The Morgan fingerprint density at radius 1 is 1.64 bits per heavy atom. The zero-order valence-corrected chi connectivity index (χ0v) is 9.98. The second-order valence-electron chi connectivity index (χ2n) is 3.69. The first-order chi connectivity index (χ1) is 6.43. The molecule has 0 heterocycles. The average molecular weight is 221 g/mol. The number of rotatable bonds is 7. The van der Waals surface area contributed by atoms with Gasteiger partial charge in [0.1, 0.15) is 6.04 Å². The van der Waals surface area contributed by atoms with E-state index in [4.69, 9.17) is 9.84 Å². The lowest BCUT2D eigenvalue weighted by molar-refractivity contribution is -0.140. The van der Waals surface area contributed by atoms with Gasteiger partial charge in [-0.1, -0.05) is 0 Å². The van der Waals surface area contributed by atoms with E-state index in [-0.39, 0.29) is 11.4 Å². The van der Waals surface area contributed by atoms with E-state index in [1.54, 1.807) is 11.8 Å². The molecule has 0 fully saturated rings. The number of nitrogens with one attached hydrogen (secondary N) is 1. The molecule has 0 aliphatic rings. The summed E-state index contributed by atoms with van der Waals surface area (Å²) in [6.07, 6.45) is 2.01. The van der Waals surface area contributed by atoms with Gasteiger partial charge in [0, 0.05) is 18.4 Å². The third-order valence-electron chi connectivity index (χ3n) is 1.96. The van der Waals surface area contributed by atoms with E-state index in [0.29, 0.717) is 6.54 Å². The lowest BCUT2D eigenvalue weighted by atomic mass is 10.2. The molecule has 1 unspecified atom stereocenters. The van der Waals surface area contributed by atoms with Crippen molar-refractivity contribution in [2.75, 3.05) is 26.5 Å². The second kappa shape index (κ2) is 6.27. The van der Waals surface area contributed by atoms with Crippen molar-refractivity contribution in [1.82, 2.24) is 5.32 Å². The fourth-order valence-corrected chi connectivity index (χ4v) is 1.05. The molecule has 0 aromatic heterocycles. The molecule has 0 saturated heterocycles. The predicted octanol–water partition coefficient (Wildman–Crippen LogP) is 0.817. The number of thioether (sulfide) groups is 1. The molecule has 0 aromatic carbocycles. The number of carboxylic acids is 1. The molecule has 0 aliphatic carbocycles. The largest absolute Gasteiger partial charge is 0.480 e. The number of hydrogen-bond donors (Lipinski definition) is 2. The molecule has 2 N–H and O–H groups in total. The normalized spacial score (nSPS) is 14.0. The highest BCUT2D eigenvalue weighted by atomic mass is 32.2. The molecule has 14 heavy (non-hydrogen) atoms. The third-order valence-corrected chi connectivity index (χ3v) is 3.21. The van der Waals surface area contributed by atoms with Crippen molar-refractivity contribution in [1.29, 1.82) is 0 Å². The summed E-state index contributed by atoms with van der Waals surface area (Å²) in [6, 6.07) is -0.619. The Bertz CT molecular complexity index is 185. The molecule has 0 spiro atoms. The summed E-state index contributed by atoms with van der Waals surface area (Å²) < 4.78 is 4.86. The van der Waals surface area contributed by atoms with E-state index in [1.165, 1.54) is 7.11 Å². The highest BCUT2D eigenvalue weighted by Crippen LogP contribution is 2.19. The van der Waals surface area contributed by atoms with Crippen LogP contribution in [0.15, 0.2) is 0 Å². The summed E-state index contributed by atoms with van der Waals surface area (Å²) in [5.74, 6) is -0.872. The average Bonchev–Trinajstić information content (AvgIpc) is 2.12. The number of aliphatic carboxylic acids is 1. The third kappa shape index (κ3) is 5.47. The second-order valence-corrected chi connectivity index (χ2v) is 5.20.